The highest BCUT2D eigenvalue weighted by molar-refractivity contribution is 5.75. The number of benzene rings is 1. The maximum Gasteiger partial charge on any atom is 0.317 e. The number of rotatable bonds is 1. The van der Waals surface area contributed by atoms with Crippen LogP contribution in [0.2, 0.25) is 0 Å². The van der Waals surface area contributed by atoms with Gasteiger partial charge in [0.1, 0.15) is 0 Å². The molecular weight excluding hydrogens is 200 g/mol. The van der Waals surface area contributed by atoms with E-state index in [9.17, 15) is 4.79 Å². The summed E-state index contributed by atoms with van der Waals surface area (Å²) in [4.78, 5) is 13.8. The van der Waals surface area contributed by atoms with Crippen molar-refractivity contribution in [2.24, 2.45) is 0 Å². The molecule has 3 rings (SSSR count). The van der Waals surface area contributed by atoms with Crippen molar-refractivity contribution >= 4 is 6.03 Å². The Hall–Kier alpha value is -1.51. The van der Waals surface area contributed by atoms with Gasteiger partial charge in [0, 0.05) is 19.1 Å². The van der Waals surface area contributed by atoms with Gasteiger partial charge in [0.2, 0.25) is 0 Å². The fraction of sp³-hybridized carbons (Fsp3) is 0.462. The highest BCUT2D eigenvalue weighted by Crippen LogP contribution is 2.21. The fourth-order valence-corrected chi connectivity index (χ4v) is 2.16. The maximum atomic E-state index is 11.9. The van der Waals surface area contributed by atoms with Gasteiger partial charge in [-0.1, -0.05) is 24.3 Å². The summed E-state index contributed by atoms with van der Waals surface area (Å²) >= 11 is 0. The van der Waals surface area contributed by atoms with Crippen molar-refractivity contribution in [2.75, 3.05) is 6.54 Å². The first-order chi connectivity index (χ1) is 7.83. The highest BCUT2D eigenvalue weighted by atomic mass is 16.2. The summed E-state index contributed by atoms with van der Waals surface area (Å²) in [5.74, 6) is 0. The molecule has 1 fully saturated rings. The first-order valence-corrected chi connectivity index (χ1v) is 5.95. The lowest BCUT2D eigenvalue weighted by Gasteiger charge is -2.28. The molecule has 0 aromatic heterocycles. The van der Waals surface area contributed by atoms with E-state index in [-0.39, 0.29) is 6.03 Å². The summed E-state index contributed by atoms with van der Waals surface area (Å²) < 4.78 is 0. The zero-order valence-electron chi connectivity index (χ0n) is 9.28. The van der Waals surface area contributed by atoms with Gasteiger partial charge in [-0.2, -0.15) is 0 Å². The van der Waals surface area contributed by atoms with Gasteiger partial charge in [-0.15, -0.1) is 0 Å². The maximum absolute atomic E-state index is 11.9. The van der Waals surface area contributed by atoms with Crippen LogP contribution in [0.4, 0.5) is 4.79 Å². The molecule has 1 aliphatic carbocycles. The number of nitrogens with zero attached hydrogens (tertiary/aromatic N) is 1. The fourth-order valence-electron chi connectivity index (χ4n) is 2.16. The standard InChI is InChI=1S/C13H16N2O/c16-13(14-12-5-6-12)15-8-7-10-3-1-2-4-11(10)9-15/h1-4,12H,5-9H2,(H,14,16). The van der Waals surface area contributed by atoms with Crippen molar-refractivity contribution in [1.29, 1.82) is 0 Å². The molecule has 16 heavy (non-hydrogen) atoms. The predicted octanol–water partition coefficient (Wildman–Crippen LogP) is 1.92. The molecule has 0 unspecified atom stereocenters. The van der Waals surface area contributed by atoms with E-state index in [2.05, 4.69) is 23.5 Å². The second-order valence-corrected chi connectivity index (χ2v) is 4.66. The molecule has 1 aromatic carbocycles. The minimum atomic E-state index is 0.108. The Bertz CT molecular complexity index is 412. The second-order valence-electron chi connectivity index (χ2n) is 4.66. The van der Waals surface area contributed by atoms with Crippen LogP contribution < -0.4 is 5.32 Å². The summed E-state index contributed by atoms with van der Waals surface area (Å²) in [7, 11) is 0. The Kier molecular flexibility index (Phi) is 2.31. The van der Waals surface area contributed by atoms with E-state index < -0.39 is 0 Å². The van der Waals surface area contributed by atoms with Gasteiger partial charge in [-0.25, -0.2) is 4.79 Å². The molecule has 3 nitrogen and oxygen atoms in total. The Morgan fingerprint density at radius 2 is 2.00 bits per heavy atom. The van der Waals surface area contributed by atoms with Crippen molar-refractivity contribution in [3.63, 3.8) is 0 Å². The van der Waals surface area contributed by atoms with E-state index >= 15 is 0 Å². The molecule has 1 N–H and O–H groups in total. The van der Waals surface area contributed by atoms with Crippen molar-refractivity contribution in [3.05, 3.63) is 35.4 Å². The zero-order valence-corrected chi connectivity index (χ0v) is 9.28. The average molecular weight is 216 g/mol. The number of fused-ring (bicyclic) bond motifs is 1. The smallest absolute Gasteiger partial charge is 0.317 e. The van der Waals surface area contributed by atoms with Crippen LogP contribution in [0, 0.1) is 0 Å². The summed E-state index contributed by atoms with van der Waals surface area (Å²) in [6.07, 6.45) is 3.28. The van der Waals surface area contributed by atoms with Crippen molar-refractivity contribution in [2.45, 2.75) is 31.8 Å². The van der Waals surface area contributed by atoms with Gasteiger partial charge in [-0.3, -0.25) is 0 Å². The largest absolute Gasteiger partial charge is 0.335 e. The third-order valence-corrected chi connectivity index (χ3v) is 3.32. The van der Waals surface area contributed by atoms with Gasteiger partial charge in [0.25, 0.3) is 0 Å². The van der Waals surface area contributed by atoms with Gasteiger partial charge in [-0.05, 0) is 30.4 Å². The van der Waals surface area contributed by atoms with E-state index in [0.717, 1.165) is 32.4 Å². The lowest BCUT2D eigenvalue weighted by molar-refractivity contribution is 0.192. The Labute approximate surface area is 95.4 Å². The number of carbonyl (C=O) groups excluding carboxylic acids is 1. The van der Waals surface area contributed by atoms with Crippen molar-refractivity contribution < 1.29 is 4.79 Å². The summed E-state index contributed by atoms with van der Waals surface area (Å²) in [5.41, 5.74) is 2.68. The summed E-state index contributed by atoms with van der Waals surface area (Å²) in [6, 6.07) is 8.94. The lowest BCUT2D eigenvalue weighted by atomic mass is 10.0. The van der Waals surface area contributed by atoms with Crippen LogP contribution in [0.5, 0.6) is 0 Å². The number of hydrogen-bond acceptors (Lipinski definition) is 1. The van der Waals surface area contributed by atoms with Gasteiger partial charge < -0.3 is 10.2 Å². The molecule has 0 bridgehead atoms. The second kappa shape index (κ2) is 3.81. The SMILES string of the molecule is O=C(NC1CC1)N1CCc2ccccc2C1. The van der Waals surface area contributed by atoms with Crippen molar-refractivity contribution in [3.8, 4) is 0 Å². The molecule has 1 saturated carbocycles. The topological polar surface area (TPSA) is 32.3 Å². The van der Waals surface area contributed by atoms with Gasteiger partial charge >= 0.3 is 6.03 Å². The van der Waals surface area contributed by atoms with Crippen LogP contribution >= 0.6 is 0 Å². The van der Waals surface area contributed by atoms with E-state index in [1.54, 1.807) is 0 Å². The summed E-state index contributed by atoms with van der Waals surface area (Å²) in [6.45, 7) is 1.60. The zero-order chi connectivity index (χ0) is 11.0. The molecule has 3 heteroatoms. The van der Waals surface area contributed by atoms with Gasteiger partial charge in [0.15, 0.2) is 0 Å². The van der Waals surface area contributed by atoms with Crippen LogP contribution in [-0.2, 0) is 13.0 Å². The molecule has 0 radical (unpaired) electrons. The average Bonchev–Trinajstić information content (AvgIpc) is 3.12. The minimum absolute atomic E-state index is 0.108. The predicted molar refractivity (Wildman–Crippen MR) is 62.1 cm³/mol. The van der Waals surface area contributed by atoms with E-state index in [4.69, 9.17) is 0 Å². The molecular formula is C13H16N2O. The van der Waals surface area contributed by atoms with Crippen LogP contribution in [0.3, 0.4) is 0 Å². The lowest BCUT2D eigenvalue weighted by Crippen LogP contribution is -2.43. The Balaban J connectivity index is 1.69. The number of amides is 2. The van der Waals surface area contributed by atoms with Crippen LogP contribution in [0.1, 0.15) is 24.0 Å². The van der Waals surface area contributed by atoms with Crippen LogP contribution in [0.15, 0.2) is 24.3 Å². The van der Waals surface area contributed by atoms with E-state index in [1.807, 2.05) is 11.0 Å². The molecule has 2 amide bonds. The number of nitrogens with one attached hydrogen (secondary N) is 1. The summed E-state index contributed by atoms with van der Waals surface area (Å²) in [5, 5.41) is 3.04. The van der Waals surface area contributed by atoms with Crippen LogP contribution in [-0.4, -0.2) is 23.5 Å². The first-order valence-electron chi connectivity index (χ1n) is 5.95. The monoisotopic (exact) mass is 216 g/mol. The number of carbonyl (C=O) groups is 1. The molecule has 1 aromatic rings. The quantitative estimate of drug-likeness (QED) is 0.764. The molecule has 0 spiro atoms. The molecule has 1 heterocycles. The molecule has 1 aliphatic heterocycles. The molecule has 0 atom stereocenters. The molecule has 0 saturated heterocycles. The third-order valence-electron chi connectivity index (χ3n) is 3.32. The molecule has 2 aliphatic rings. The van der Waals surface area contributed by atoms with Gasteiger partial charge in [0.05, 0.1) is 0 Å². The normalized spacial score (nSPS) is 19.1. The number of urea groups is 1. The first kappa shape index (κ1) is 9.70. The highest BCUT2D eigenvalue weighted by Gasteiger charge is 2.27. The minimum Gasteiger partial charge on any atom is -0.335 e. The van der Waals surface area contributed by atoms with Crippen molar-refractivity contribution in [1.82, 2.24) is 10.2 Å². The Morgan fingerprint density at radius 3 is 2.75 bits per heavy atom. The van der Waals surface area contributed by atoms with E-state index in [0.29, 0.717) is 6.04 Å². The Morgan fingerprint density at radius 1 is 1.25 bits per heavy atom. The van der Waals surface area contributed by atoms with E-state index in [1.165, 1.54) is 11.1 Å². The molecule has 84 valence electrons. The van der Waals surface area contributed by atoms with Crippen LogP contribution in [0.25, 0.3) is 0 Å². The number of hydrogen-bond donors (Lipinski definition) is 1. The third kappa shape index (κ3) is 1.90.